The molecule has 0 aliphatic carbocycles. The first kappa shape index (κ1) is 7.08. The molecule has 2 heteroatoms. The number of rotatable bonds is 3. The Bertz CT molecular complexity index is 106. The predicted octanol–water partition coefficient (Wildman–Crippen LogP) is 0.832. The zero-order valence-electron chi connectivity index (χ0n) is 4.92. The number of carbonyl (C=O) groups is 1. The third-order valence-corrected chi connectivity index (χ3v) is 0.671. The number of carbonyl (C=O) groups excluding carboxylic acids is 1. The summed E-state index contributed by atoms with van der Waals surface area (Å²) in [5.74, 6) is 0. The van der Waals surface area contributed by atoms with Gasteiger partial charge in [-0.2, -0.15) is 0 Å². The lowest BCUT2D eigenvalue weighted by Crippen LogP contribution is -1.93. The summed E-state index contributed by atoms with van der Waals surface area (Å²) in [5, 5.41) is 0. The average Bonchev–Trinajstić information content (AvgIpc) is 1.83. The number of nitrogens with zero attached hydrogens (tertiary/aromatic N) is 1. The SMILES string of the molecule is C=C/C(C=O)=N\CC. The Morgan fingerprint density at radius 2 is 2.50 bits per heavy atom. The van der Waals surface area contributed by atoms with Gasteiger partial charge in [0.1, 0.15) is 0 Å². The molecule has 0 spiro atoms. The van der Waals surface area contributed by atoms with Gasteiger partial charge in [-0.15, -0.1) is 0 Å². The molecule has 0 aromatic rings. The highest BCUT2D eigenvalue weighted by Crippen LogP contribution is 1.73. The van der Waals surface area contributed by atoms with Gasteiger partial charge >= 0.3 is 0 Å². The van der Waals surface area contributed by atoms with Gasteiger partial charge in [-0.1, -0.05) is 6.58 Å². The summed E-state index contributed by atoms with van der Waals surface area (Å²) < 4.78 is 0. The topological polar surface area (TPSA) is 29.4 Å². The van der Waals surface area contributed by atoms with Crippen LogP contribution in [0.1, 0.15) is 6.92 Å². The van der Waals surface area contributed by atoms with Gasteiger partial charge in [0.25, 0.3) is 0 Å². The number of aliphatic imine (C=N–C) groups is 1. The first-order chi connectivity index (χ1) is 3.85. The monoisotopic (exact) mass is 111 g/mol. The van der Waals surface area contributed by atoms with Crippen molar-refractivity contribution in [2.45, 2.75) is 6.92 Å². The van der Waals surface area contributed by atoms with E-state index in [0.717, 1.165) is 0 Å². The van der Waals surface area contributed by atoms with Crippen LogP contribution in [0.15, 0.2) is 17.6 Å². The van der Waals surface area contributed by atoms with Crippen LogP contribution < -0.4 is 0 Å². The molecule has 0 saturated carbocycles. The van der Waals surface area contributed by atoms with Crippen molar-refractivity contribution >= 4 is 12.0 Å². The van der Waals surface area contributed by atoms with Gasteiger partial charge in [-0.25, -0.2) is 0 Å². The van der Waals surface area contributed by atoms with Crippen LogP contribution in [-0.4, -0.2) is 18.5 Å². The van der Waals surface area contributed by atoms with E-state index < -0.39 is 0 Å². The maximum absolute atomic E-state index is 9.92. The number of hydrogen-bond acceptors (Lipinski definition) is 2. The van der Waals surface area contributed by atoms with E-state index >= 15 is 0 Å². The molecule has 8 heavy (non-hydrogen) atoms. The fraction of sp³-hybridized carbons (Fsp3) is 0.333. The fourth-order valence-electron chi connectivity index (χ4n) is 0.333. The Kier molecular flexibility index (Phi) is 3.76. The van der Waals surface area contributed by atoms with Crippen molar-refractivity contribution in [3.63, 3.8) is 0 Å². The molecule has 0 saturated heterocycles. The van der Waals surface area contributed by atoms with Gasteiger partial charge in [0, 0.05) is 6.54 Å². The van der Waals surface area contributed by atoms with E-state index in [1.807, 2.05) is 6.92 Å². The zero-order chi connectivity index (χ0) is 6.41. The molecule has 0 atom stereocenters. The summed E-state index contributed by atoms with van der Waals surface area (Å²) in [5.41, 5.74) is 0.424. The first-order valence-corrected chi connectivity index (χ1v) is 2.47. The third kappa shape index (κ3) is 2.29. The average molecular weight is 111 g/mol. The second-order valence-corrected chi connectivity index (χ2v) is 1.22. The molecule has 0 aromatic heterocycles. The van der Waals surface area contributed by atoms with E-state index in [2.05, 4.69) is 11.6 Å². The van der Waals surface area contributed by atoms with E-state index in [9.17, 15) is 4.79 Å². The molecule has 0 radical (unpaired) electrons. The highest BCUT2D eigenvalue weighted by atomic mass is 16.1. The van der Waals surface area contributed by atoms with Crippen molar-refractivity contribution in [2.75, 3.05) is 6.54 Å². The summed E-state index contributed by atoms with van der Waals surface area (Å²) in [4.78, 5) is 13.7. The lowest BCUT2D eigenvalue weighted by Gasteiger charge is -1.82. The fourth-order valence-corrected chi connectivity index (χ4v) is 0.333. The van der Waals surface area contributed by atoms with Gasteiger partial charge in [0.05, 0.1) is 5.71 Å². The molecule has 0 aromatic carbocycles. The van der Waals surface area contributed by atoms with Gasteiger partial charge in [-0.05, 0) is 13.0 Å². The minimum absolute atomic E-state index is 0.424. The molecule has 0 bridgehead atoms. The third-order valence-electron chi connectivity index (χ3n) is 0.671. The highest BCUT2D eigenvalue weighted by molar-refractivity contribution is 6.33. The van der Waals surface area contributed by atoms with E-state index in [4.69, 9.17) is 0 Å². The van der Waals surface area contributed by atoms with Gasteiger partial charge in [0.2, 0.25) is 0 Å². The standard InChI is InChI=1S/C6H9NO/c1-3-6(5-8)7-4-2/h3,5H,1,4H2,2H3/b7-6+. The Morgan fingerprint density at radius 1 is 1.88 bits per heavy atom. The summed E-state index contributed by atoms with van der Waals surface area (Å²) in [6, 6.07) is 0. The van der Waals surface area contributed by atoms with Crippen LogP contribution in [0.2, 0.25) is 0 Å². The van der Waals surface area contributed by atoms with Crippen molar-refractivity contribution in [1.29, 1.82) is 0 Å². The molecule has 0 aliphatic rings. The Hall–Kier alpha value is -0.920. The quantitative estimate of drug-likeness (QED) is 0.392. The van der Waals surface area contributed by atoms with Crippen LogP contribution in [0.25, 0.3) is 0 Å². The van der Waals surface area contributed by atoms with Gasteiger partial charge in [-0.3, -0.25) is 9.79 Å². The molecule has 2 nitrogen and oxygen atoms in total. The van der Waals surface area contributed by atoms with Crippen LogP contribution in [-0.2, 0) is 4.79 Å². The molecule has 0 fully saturated rings. The van der Waals surface area contributed by atoms with Crippen LogP contribution in [0.5, 0.6) is 0 Å². The molecule has 0 amide bonds. The molecular formula is C6H9NO. The second-order valence-electron chi connectivity index (χ2n) is 1.22. The number of hydrogen-bond donors (Lipinski definition) is 0. The molecule has 44 valence electrons. The molecule has 0 aliphatic heterocycles. The van der Waals surface area contributed by atoms with Crippen LogP contribution in [0, 0.1) is 0 Å². The Balaban J connectivity index is 3.85. The summed E-state index contributed by atoms with van der Waals surface area (Å²) in [6.45, 7) is 5.90. The normalized spacial score (nSPS) is 10.9. The Labute approximate surface area is 48.9 Å². The van der Waals surface area contributed by atoms with Crippen LogP contribution >= 0.6 is 0 Å². The molecule has 0 rings (SSSR count). The van der Waals surface area contributed by atoms with E-state index in [1.165, 1.54) is 6.08 Å². The lowest BCUT2D eigenvalue weighted by atomic mass is 10.4. The van der Waals surface area contributed by atoms with Crippen molar-refractivity contribution < 1.29 is 4.79 Å². The zero-order valence-corrected chi connectivity index (χ0v) is 4.92. The minimum atomic E-state index is 0.424. The van der Waals surface area contributed by atoms with E-state index in [0.29, 0.717) is 18.5 Å². The predicted molar refractivity (Wildman–Crippen MR) is 34.2 cm³/mol. The van der Waals surface area contributed by atoms with Crippen LogP contribution in [0.4, 0.5) is 0 Å². The van der Waals surface area contributed by atoms with Crippen molar-refractivity contribution in [1.82, 2.24) is 0 Å². The molecule has 0 N–H and O–H groups in total. The molecule has 0 unspecified atom stereocenters. The first-order valence-electron chi connectivity index (χ1n) is 2.47. The highest BCUT2D eigenvalue weighted by Gasteiger charge is 1.82. The summed E-state index contributed by atoms with van der Waals surface area (Å²) >= 11 is 0. The smallest absolute Gasteiger partial charge is 0.167 e. The molecular weight excluding hydrogens is 102 g/mol. The summed E-state index contributed by atoms with van der Waals surface area (Å²) in [6.07, 6.45) is 2.13. The lowest BCUT2D eigenvalue weighted by molar-refractivity contribution is -0.102. The maximum atomic E-state index is 9.92. The largest absolute Gasteiger partial charge is 0.296 e. The number of aldehydes is 1. The number of allylic oxidation sites excluding steroid dienone is 1. The van der Waals surface area contributed by atoms with Gasteiger partial charge in [0.15, 0.2) is 6.29 Å². The second kappa shape index (κ2) is 4.24. The van der Waals surface area contributed by atoms with Crippen LogP contribution in [0.3, 0.4) is 0 Å². The van der Waals surface area contributed by atoms with Gasteiger partial charge < -0.3 is 0 Å². The minimum Gasteiger partial charge on any atom is -0.296 e. The Morgan fingerprint density at radius 3 is 2.62 bits per heavy atom. The van der Waals surface area contributed by atoms with Crippen molar-refractivity contribution in [3.8, 4) is 0 Å². The summed E-state index contributed by atoms with van der Waals surface area (Å²) in [7, 11) is 0. The van der Waals surface area contributed by atoms with Crippen molar-refractivity contribution in [2.24, 2.45) is 4.99 Å². The van der Waals surface area contributed by atoms with Crippen molar-refractivity contribution in [3.05, 3.63) is 12.7 Å². The van der Waals surface area contributed by atoms with E-state index in [-0.39, 0.29) is 0 Å². The molecule has 0 heterocycles. The maximum Gasteiger partial charge on any atom is 0.167 e. The van der Waals surface area contributed by atoms with E-state index in [1.54, 1.807) is 0 Å².